The van der Waals surface area contributed by atoms with E-state index < -0.39 is 42.3 Å². The average Bonchev–Trinajstić information content (AvgIpc) is 3.16. The number of nitrogens with two attached hydrogens (primary N) is 1. The van der Waals surface area contributed by atoms with Crippen molar-refractivity contribution >= 4 is 39.2 Å². The molecule has 0 bridgehead atoms. The number of hydrogen-bond donors (Lipinski definition) is 1. The summed E-state index contributed by atoms with van der Waals surface area (Å²) < 4.78 is 41.4. The Morgan fingerprint density at radius 3 is 2.52 bits per heavy atom. The van der Waals surface area contributed by atoms with Crippen LogP contribution in [-0.4, -0.2) is 21.0 Å². The normalized spacial score (nSPS) is 15.0. The van der Waals surface area contributed by atoms with Crippen LogP contribution in [0.2, 0.25) is 10.0 Å². The van der Waals surface area contributed by atoms with Gasteiger partial charge in [0.05, 0.1) is 22.2 Å². The molecule has 1 aliphatic carbocycles. The van der Waals surface area contributed by atoms with Crippen molar-refractivity contribution in [3.8, 4) is 0 Å². The lowest BCUT2D eigenvalue weighted by Crippen LogP contribution is -2.17. The van der Waals surface area contributed by atoms with Crippen LogP contribution >= 0.6 is 23.2 Å². The maximum Gasteiger partial charge on any atom is 0.339 e. The molecule has 1 fully saturated rings. The maximum absolute atomic E-state index is 13.7. The highest BCUT2D eigenvalue weighted by Gasteiger charge is 2.28. The lowest BCUT2D eigenvalue weighted by atomic mass is 10.2. The highest BCUT2D eigenvalue weighted by Crippen LogP contribution is 2.35. The van der Waals surface area contributed by atoms with Crippen molar-refractivity contribution in [2.45, 2.75) is 24.2 Å². The molecule has 2 rings (SSSR count). The van der Waals surface area contributed by atoms with Crippen molar-refractivity contribution in [2.24, 2.45) is 11.1 Å². The highest BCUT2D eigenvalue weighted by molar-refractivity contribution is 7.89. The van der Waals surface area contributed by atoms with Gasteiger partial charge in [0, 0.05) is 0 Å². The van der Waals surface area contributed by atoms with Gasteiger partial charge in [-0.15, -0.1) is 0 Å². The van der Waals surface area contributed by atoms with Gasteiger partial charge in [-0.3, -0.25) is 0 Å². The summed E-state index contributed by atoms with van der Waals surface area (Å²) in [4.78, 5) is 11.0. The molecule has 0 aliphatic heterocycles. The molecule has 5 nitrogen and oxygen atoms in total. The SMILES string of the molecule is NS(=O)(=O)c1c(Cl)c(F)cc(C(=O)OCCC2CC2)c1Cl. The third kappa shape index (κ3) is 3.85. The minimum absolute atomic E-state index is 0.161. The molecule has 0 spiro atoms. The first-order chi connectivity index (χ1) is 9.71. The summed E-state index contributed by atoms with van der Waals surface area (Å²) in [5.41, 5.74) is -0.418. The molecule has 21 heavy (non-hydrogen) atoms. The van der Waals surface area contributed by atoms with Crippen LogP contribution in [0.5, 0.6) is 0 Å². The van der Waals surface area contributed by atoms with Gasteiger partial charge in [-0.05, 0) is 18.4 Å². The Hall–Kier alpha value is -0.890. The van der Waals surface area contributed by atoms with Crippen molar-refractivity contribution in [1.29, 1.82) is 0 Å². The molecule has 0 saturated heterocycles. The van der Waals surface area contributed by atoms with E-state index in [4.69, 9.17) is 33.1 Å². The van der Waals surface area contributed by atoms with Gasteiger partial charge >= 0.3 is 5.97 Å². The molecule has 1 saturated carbocycles. The minimum Gasteiger partial charge on any atom is -0.462 e. The van der Waals surface area contributed by atoms with Crippen LogP contribution in [-0.2, 0) is 14.8 Å². The van der Waals surface area contributed by atoms with Crippen molar-refractivity contribution in [3.63, 3.8) is 0 Å². The third-order valence-electron chi connectivity index (χ3n) is 3.08. The second-order valence-corrected chi connectivity index (χ2v) is 7.03. The number of esters is 1. The maximum atomic E-state index is 13.7. The van der Waals surface area contributed by atoms with Crippen LogP contribution in [0, 0.1) is 11.7 Å². The van der Waals surface area contributed by atoms with Gasteiger partial charge in [-0.2, -0.15) is 0 Å². The Morgan fingerprint density at radius 1 is 1.38 bits per heavy atom. The summed E-state index contributed by atoms with van der Waals surface area (Å²) in [5, 5.41) is 3.63. The Labute approximate surface area is 131 Å². The number of carbonyl (C=O) groups is 1. The number of ether oxygens (including phenoxy) is 1. The number of primary sulfonamides is 1. The smallest absolute Gasteiger partial charge is 0.339 e. The van der Waals surface area contributed by atoms with E-state index in [1.54, 1.807) is 0 Å². The topological polar surface area (TPSA) is 86.5 Å². The lowest BCUT2D eigenvalue weighted by molar-refractivity contribution is 0.0494. The fourth-order valence-corrected chi connectivity index (χ4v) is 3.56. The van der Waals surface area contributed by atoms with Gasteiger partial charge in [0.15, 0.2) is 0 Å². The fraction of sp³-hybridized carbons (Fsp3) is 0.417. The number of halogens is 3. The van der Waals surface area contributed by atoms with Gasteiger partial charge in [0.2, 0.25) is 10.0 Å². The Bertz CT molecular complexity index is 689. The van der Waals surface area contributed by atoms with Crippen molar-refractivity contribution in [2.75, 3.05) is 6.61 Å². The molecule has 116 valence electrons. The van der Waals surface area contributed by atoms with E-state index in [1.165, 1.54) is 0 Å². The summed E-state index contributed by atoms with van der Waals surface area (Å²) in [6.45, 7) is 0.161. The predicted molar refractivity (Wildman–Crippen MR) is 75.4 cm³/mol. The number of sulfonamides is 1. The van der Waals surface area contributed by atoms with Crippen LogP contribution < -0.4 is 5.14 Å². The molecule has 9 heteroatoms. The zero-order chi connectivity index (χ0) is 15.8. The molecule has 0 heterocycles. The van der Waals surface area contributed by atoms with Crippen LogP contribution in [0.1, 0.15) is 29.6 Å². The average molecular weight is 356 g/mol. The summed E-state index contributed by atoms with van der Waals surface area (Å²) in [6, 6.07) is 0.735. The quantitative estimate of drug-likeness (QED) is 0.649. The van der Waals surface area contributed by atoms with Gasteiger partial charge in [0.1, 0.15) is 10.7 Å². The van der Waals surface area contributed by atoms with E-state index in [1.807, 2.05) is 0 Å². The van der Waals surface area contributed by atoms with Crippen LogP contribution in [0.3, 0.4) is 0 Å². The molecular weight excluding hydrogens is 344 g/mol. The van der Waals surface area contributed by atoms with E-state index in [2.05, 4.69) is 0 Å². The zero-order valence-corrected chi connectivity index (χ0v) is 13.1. The van der Waals surface area contributed by atoms with E-state index >= 15 is 0 Å². The standard InChI is InChI=1S/C12H12Cl2FNO4S/c13-9-7(12(17)20-4-3-6-1-2-6)5-8(15)10(14)11(9)21(16,18)19/h5-6H,1-4H2,(H2,16,18,19). The van der Waals surface area contributed by atoms with Gasteiger partial charge in [0.25, 0.3) is 0 Å². The van der Waals surface area contributed by atoms with E-state index in [0.717, 1.165) is 18.9 Å². The predicted octanol–water partition coefficient (Wildman–Crippen LogP) is 2.74. The summed E-state index contributed by atoms with van der Waals surface area (Å²) in [7, 11) is -4.38. The number of carbonyl (C=O) groups excluding carboxylic acids is 1. The van der Waals surface area contributed by atoms with Gasteiger partial charge in [-0.25, -0.2) is 22.7 Å². The molecule has 0 unspecified atom stereocenters. The third-order valence-corrected chi connectivity index (χ3v) is 5.04. The second kappa shape index (κ2) is 6.08. The van der Waals surface area contributed by atoms with Crippen LogP contribution in [0.4, 0.5) is 4.39 Å². The molecule has 2 N–H and O–H groups in total. The number of hydrogen-bond acceptors (Lipinski definition) is 4. The van der Waals surface area contributed by atoms with E-state index in [-0.39, 0.29) is 6.61 Å². The molecule has 0 amide bonds. The molecule has 0 radical (unpaired) electrons. The van der Waals surface area contributed by atoms with Crippen LogP contribution in [0.25, 0.3) is 0 Å². The summed E-state index contributed by atoms with van der Waals surface area (Å²) >= 11 is 11.4. The Balaban J connectivity index is 2.30. The zero-order valence-electron chi connectivity index (χ0n) is 10.7. The van der Waals surface area contributed by atoms with Crippen molar-refractivity contribution < 1.29 is 22.3 Å². The first-order valence-corrected chi connectivity index (χ1v) is 8.39. The summed E-state index contributed by atoms with van der Waals surface area (Å²) in [5.74, 6) is -1.48. The number of rotatable bonds is 5. The molecule has 0 atom stereocenters. The second-order valence-electron chi connectivity index (χ2n) is 4.78. The Kier molecular flexibility index (Phi) is 4.77. The minimum atomic E-state index is -4.38. The van der Waals surface area contributed by atoms with Crippen LogP contribution in [0.15, 0.2) is 11.0 Å². The number of benzene rings is 1. The molecule has 1 aromatic rings. The molecule has 0 aromatic heterocycles. The highest BCUT2D eigenvalue weighted by atomic mass is 35.5. The van der Waals surface area contributed by atoms with Crippen molar-refractivity contribution in [1.82, 2.24) is 0 Å². The van der Waals surface area contributed by atoms with E-state index in [0.29, 0.717) is 12.3 Å². The lowest BCUT2D eigenvalue weighted by Gasteiger charge is -2.11. The molecule has 1 aromatic carbocycles. The molecular formula is C12H12Cl2FNO4S. The van der Waals surface area contributed by atoms with Gasteiger partial charge < -0.3 is 4.74 Å². The van der Waals surface area contributed by atoms with Gasteiger partial charge in [-0.1, -0.05) is 36.0 Å². The monoisotopic (exact) mass is 355 g/mol. The molecule has 1 aliphatic rings. The first kappa shape index (κ1) is 16.5. The van der Waals surface area contributed by atoms with E-state index in [9.17, 15) is 17.6 Å². The first-order valence-electron chi connectivity index (χ1n) is 6.09. The Morgan fingerprint density at radius 2 is 2.00 bits per heavy atom. The fourth-order valence-electron chi connectivity index (χ4n) is 1.78. The summed E-state index contributed by atoms with van der Waals surface area (Å²) in [6.07, 6.45) is 2.91. The van der Waals surface area contributed by atoms with Crippen molar-refractivity contribution in [3.05, 3.63) is 27.5 Å². The largest absolute Gasteiger partial charge is 0.462 e.